The van der Waals surface area contributed by atoms with Crippen molar-refractivity contribution in [2.45, 2.75) is 44.2 Å². The van der Waals surface area contributed by atoms with Crippen molar-refractivity contribution in [3.63, 3.8) is 0 Å². The summed E-state index contributed by atoms with van der Waals surface area (Å²) in [6.45, 7) is 0.900. The summed E-state index contributed by atoms with van der Waals surface area (Å²) < 4.78 is 5.59. The molecule has 17 heavy (non-hydrogen) atoms. The molecule has 0 bridgehead atoms. The number of rotatable bonds is 6. The molecule has 2 unspecified atom stereocenters. The third-order valence-electron chi connectivity index (χ3n) is 3.08. The summed E-state index contributed by atoms with van der Waals surface area (Å²) in [4.78, 5) is 1.46. The summed E-state index contributed by atoms with van der Waals surface area (Å²) in [5.41, 5.74) is 2.81. The van der Waals surface area contributed by atoms with E-state index in [0.717, 1.165) is 25.3 Å². The standard InChI is InChI=1S/C10H20N6O/c1-16-14-10(13-15-16)7-8(12-11)4-5-9-3-2-6-17-9/h8-9,12H,2-7,11H2,1H3. The van der Waals surface area contributed by atoms with Crippen LogP contribution in [0.2, 0.25) is 0 Å². The number of hydrogen-bond donors (Lipinski definition) is 2. The molecule has 2 heterocycles. The van der Waals surface area contributed by atoms with Crippen molar-refractivity contribution < 1.29 is 4.74 Å². The number of nitrogens with two attached hydrogens (primary N) is 1. The van der Waals surface area contributed by atoms with Gasteiger partial charge in [-0.3, -0.25) is 11.3 Å². The molecule has 2 atom stereocenters. The van der Waals surface area contributed by atoms with E-state index in [2.05, 4.69) is 20.8 Å². The Bertz CT molecular complexity index is 335. The highest BCUT2D eigenvalue weighted by molar-refractivity contribution is 4.84. The number of nitrogens with one attached hydrogen (secondary N) is 1. The highest BCUT2D eigenvalue weighted by atomic mass is 16.5. The first kappa shape index (κ1) is 12.4. The van der Waals surface area contributed by atoms with Crippen molar-refractivity contribution in [3.8, 4) is 0 Å². The fourth-order valence-corrected chi connectivity index (χ4v) is 2.13. The maximum atomic E-state index is 5.59. The molecule has 1 aromatic heterocycles. The molecule has 3 N–H and O–H groups in total. The monoisotopic (exact) mass is 240 g/mol. The molecule has 0 amide bonds. The van der Waals surface area contributed by atoms with Crippen LogP contribution < -0.4 is 11.3 Å². The second-order valence-corrected chi connectivity index (χ2v) is 4.48. The van der Waals surface area contributed by atoms with Gasteiger partial charge in [0.1, 0.15) is 0 Å². The number of ether oxygens (including phenoxy) is 1. The smallest absolute Gasteiger partial charge is 0.176 e. The van der Waals surface area contributed by atoms with Crippen LogP contribution >= 0.6 is 0 Å². The molecule has 0 spiro atoms. The van der Waals surface area contributed by atoms with Crippen molar-refractivity contribution >= 4 is 0 Å². The number of hydrazine groups is 1. The van der Waals surface area contributed by atoms with Crippen molar-refractivity contribution in [2.24, 2.45) is 12.9 Å². The zero-order valence-electron chi connectivity index (χ0n) is 10.2. The topological polar surface area (TPSA) is 90.9 Å². The predicted molar refractivity (Wildman–Crippen MR) is 61.8 cm³/mol. The fourth-order valence-electron chi connectivity index (χ4n) is 2.13. The molecule has 0 aromatic carbocycles. The van der Waals surface area contributed by atoms with E-state index in [9.17, 15) is 0 Å². The Morgan fingerprint density at radius 1 is 1.65 bits per heavy atom. The molecule has 0 saturated carbocycles. The van der Waals surface area contributed by atoms with Crippen molar-refractivity contribution in [2.75, 3.05) is 6.61 Å². The van der Waals surface area contributed by atoms with Crippen LogP contribution in [0.1, 0.15) is 31.5 Å². The van der Waals surface area contributed by atoms with Crippen LogP contribution in [0.3, 0.4) is 0 Å². The highest BCUT2D eigenvalue weighted by Crippen LogP contribution is 2.18. The van der Waals surface area contributed by atoms with Gasteiger partial charge in [0.25, 0.3) is 0 Å². The molecule has 7 heteroatoms. The minimum absolute atomic E-state index is 0.184. The first-order valence-corrected chi connectivity index (χ1v) is 6.08. The van der Waals surface area contributed by atoms with Gasteiger partial charge >= 0.3 is 0 Å². The predicted octanol–water partition coefficient (Wildman–Crippen LogP) is -0.456. The second kappa shape index (κ2) is 6.04. The summed E-state index contributed by atoms with van der Waals surface area (Å²) >= 11 is 0. The Labute approximate surface area is 101 Å². The molecule has 2 rings (SSSR count). The van der Waals surface area contributed by atoms with Gasteiger partial charge in [0, 0.05) is 19.1 Å². The number of aryl methyl sites for hydroxylation is 1. The Morgan fingerprint density at radius 3 is 3.12 bits per heavy atom. The second-order valence-electron chi connectivity index (χ2n) is 4.48. The first-order chi connectivity index (χ1) is 8.28. The van der Waals surface area contributed by atoms with E-state index in [-0.39, 0.29) is 6.04 Å². The van der Waals surface area contributed by atoms with Gasteiger partial charge in [-0.05, 0) is 30.9 Å². The third-order valence-corrected chi connectivity index (χ3v) is 3.08. The highest BCUT2D eigenvalue weighted by Gasteiger charge is 2.18. The Hall–Kier alpha value is -1.05. The lowest BCUT2D eigenvalue weighted by Gasteiger charge is -2.16. The number of hydrogen-bond acceptors (Lipinski definition) is 6. The van der Waals surface area contributed by atoms with E-state index in [1.54, 1.807) is 7.05 Å². The van der Waals surface area contributed by atoms with Gasteiger partial charge in [-0.15, -0.1) is 10.2 Å². The SMILES string of the molecule is Cn1nnc(CC(CCC2CCCO2)NN)n1. The van der Waals surface area contributed by atoms with Gasteiger partial charge in [0.05, 0.1) is 13.2 Å². The van der Waals surface area contributed by atoms with Crippen molar-refractivity contribution in [3.05, 3.63) is 5.82 Å². The molecule has 1 aromatic rings. The van der Waals surface area contributed by atoms with E-state index in [0.29, 0.717) is 12.5 Å². The molecule has 1 saturated heterocycles. The maximum Gasteiger partial charge on any atom is 0.176 e. The Balaban J connectivity index is 1.75. The van der Waals surface area contributed by atoms with Gasteiger partial charge in [-0.1, -0.05) is 0 Å². The summed E-state index contributed by atoms with van der Waals surface area (Å²) in [5.74, 6) is 6.26. The van der Waals surface area contributed by atoms with Gasteiger partial charge in [-0.2, -0.15) is 4.80 Å². The molecule has 1 aliphatic rings. The van der Waals surface area contributed by atoms with Crippen LogP contribution in [-0.4, -0.2) is 39.0 Å². The minimum Gasteiger partial charge on any atom is -0.378 e. The van der Waals surface area contributed by atoms with Gasteiger partial charge in [0.2, 0.25) is 0 Å². The van der Waals surface area contributed by atoms with Crippen LogP contribution in [0.15, 0.2) is 0 Å². The average molecular weight is 240 g/mol. The number of aromatic nitrogens is 4. The summed E-state index contributed by atoms with van der Waals surface area (Å²) in [6.07, 6.45) is 5.46. The Kier molecular flexibility index (Phi) is 4.41. The number of tetrazole rings is 1. The third kappa shape index (κ3) is 3.72. The van der Waals surface area contributed by atoms with Gasteiger partial charge in [0.15, 0.2) is 5.82 Å². The minimum atomic E-state index is 0.184. The zero-order chi connectivity index (χ0) is 12.1. The van der Waals surface area contributed by atoms with E-state index < -0.39 is 0 Å². The van der Waals surface area contributed by atoms with E-state index in [4.69, 9.17) is 10.6 Å². The van der Waals surface area contributed by atoms with Crippen LogP contribution in [-0.2, 0) is 18.2 Å². The molecule has 1 aliphatic heterocycles. The maximum absolute atomic E-state index is 5.59. The van der Waals surface area contributed by atoms with Crippen LogP contribution in [0.25, 0.3) is 0 Å². The summed E-state index contributed by atoms with van der Waals surface area (Å²) in [5, 5.41) is 11.9. The average Bonchev–Trinajstić information content (AvgIpc) is 2.96. The molecular formula is C10H20N6O. The van der Waals surface area contributed by atoms with E-state index in [1.807, 2.05) is 0 Å². The van der Waals surface area contributed by atoms with Crippen molar-refractivity contribution in [1.29, 1.82) is 0 Å². The summed E-state index contributed by atoms with van der Waals surface area (Å²) in [6, 6.07) is 0.184. The lowest BCUT2D eigenvalue weighted by Crippen LogP contribution is -2.37. The zero-order valence-corrected chi connectivity index (χ0v) is 10.2. The molecule has 1 fully saturated rings. The van der Waals surface area contributed by atoms with E-state index >= 15 is 0 Å². The van der Waals surface area contributed by atoms with Crippen LogP contribution in [0, 0.1) is 0 Å². The molecule has 7 nitrogen and oxygen atoms in total. The largest absolute Gasteiger partial charge is 0.378 e. The van der Waals surface area contributed by atoms with Crippen LogP contribution in [0.5, 0.6) is 0 Å². The molecule has 0 aliphatic carbocycles. The van der Waals surface area contributed by atoms with E-state index in [1.165, 1.54) is 17.6 Å². The van der Waals surface area contributed by atoms with Gasteiger partial charge < -0.3 is 4.74 Å². The fraction of sp³-hybridized carbons (Fsp3) is 0.900. The van der Waals surface area contributed by atoms with Gasteiger partial charge in [-0.25, -0.2) is 0 Å². The number of nitrogens with zero attached hydrogens (tertiary/aromatic N) is 4. The molecule has 0 radical (unpaired) electrons. The lowest BCUT2D eigenvalue weighted by molar-refractivity contribution is 0.0995. The molecular weight excluding hydrogens is 220 g/mol. The quantitative estimate of drug-likeness (QED) is 0.516. The Morgan fingerprint density at radius 2 is 2.53 bits per heavy atom. The van der Waals surface area contributed by atoms with Crippen LogP contribution in [0.4, 0.5) is 0 Å². The molecule has 96 valence electrons. The lowest BCUT2D eigenvalue weighted by atomic mass is 10.0. The first-order valence-electron chi connectivity index (χ1n) is 6.08. The van der Waals surface area contributed by atoms with Crippen molar-refractivity contribution in [1.82, 2.24) is 25.6 Å². The summed E-state index contributed by atoms with van der Waals surface area (Å²) in [7, 11) is 1.76. The normalized spacial score (nSPS) is 21.9.